The molecule has 0 fully saturated rings. The van der Waals surface area contributed by atoms with Crippen LogP contribution in [0.15, 0.2) is 12.4 Å². The van der Waals surface area contributed by atoms with Crippen LogP contribution in [0, 0.1) is 0 Å². The molecule has 0 bridgehead atoms. The van der Waals surface area contributed by atoms with Gasteiger partial charge in [0.05, 0.1) is 18.1 Å². The minimum absolute atomic E-state index is 0.419. The van der Waals surface area contributed by atoms with Gasteiger partial charge in [-0.3, -0.25) is 0 Å². The predicted molar refractivity (Wildman–Crippen MR) is 69.2 cm³/mol. The Morgan fingerprint density at radius 3 is 2.50 bits per heavy atom. The highest BCUT2D eigenvalue weighted by Gasteiger charge is 2.15. The number of hydrogen-bond donors (Lipinski definition) is 3. The number of anilines is 2. The lowest BCUT2D eigenvalue weighted by molar-refractivity contribution is 0.0530. The van der Waals surface area contributed by atoms with Crippen LogP contribution in [0.5, 0.6) is 0 Å². The van der Waals surface area contributed by atoms with Crippen molar-refractivity contribution in [2.75, 3.05) is 24.1 Å². The largest absolute Gasteiger partial charge is 0.444 e. The third-order valence-corrected chi connectivity index (χ3v) is 1.75. The third kappa shape index (κ3) is 5.88. The van der Waals surface area contributed by atoms with Gasteiger partial charge in [0.15, 0.2) is 0 Å². The summed E-state index contributed by atoms with van der Waals surface area (Å²) in [5.74, 6) is 0.468. The Balaban J connectivity index is 2.19. The Hall–Kier alpha value is -2.05. The first kappa shape index (κ1) is 14.0. The lowest BCUT2D eigenvalue weighted by Gasteiger charge is -2.19. The molecule has 100 valence electrons. The Bertz CT molecular complexity index is 385. The number of nitrogens with one attached hydrogen (secondary N) is 2. The van der Waals surface area contributed by atoms with Crippen molar-refractivity contribution in [1.29, 1.82) is 0 Å². The minimum Gasteiger partial charge on any atom is -0.444 e. The maximum absolute atomic E-state index is 11.3. The van der Waals surface area contributed by atoms with Crippen molar-refractivity contribution in [1.82, 2.24) is 15.3 Å². The van der Waals surface area contributed by atoms with Crippen LogP contribution in [0.3, 0.4) is 0 Å². The number of alkyl carbamates (subject to hydrolysis) is 1. The first-order valence-corrected chi connectivity index (χ1v) is 5.65. The molecule has 0 aliphatic carbocycles. The van der Waals surface area contributed by atoms with E-state index in [1.807, 2.05) is 20.8 Å². The van der Waals surface area contributed by atoms with Crippen molar-refractivity contribution in [3.63, 3.8) is 0 Å². The average molecular weight is 253 g/mol. The van der Waals surface area contributed by atoms with Crippen LogP contribution in [0.25, 0.3) is 0 Å². The molecule has 0 saturated carbocycles. The van der Waals surface area contributed by atoms with Gasteiger partial charge in [-0.1, -0.05) is 0 Å². The third-order valence-electron chi connectivity index (χ3n) is 1.75. The summed E-state index contributed by atoms with van der Waals surface area (Å²) in [4.78, 5) is 19.2. The second kappa shape index (κ2) is 6.04. The standard InChI is InChI=1S/C11H19N5O2/c1-11(2,3)18-10(17)14-5-4-13-9-15-6-8(12)7-16-9/h6-7H,4-5,12H2,1-3H3,(H,14,17)(H,13,15,16). The van der Waals surface area contributed by atoms with Crippen LogP contribution in [0.2, 0.25) is 0 Å². The number of carbonyl (C=O) groups excluding carboxylic acids is 1. The fourth-order valence-corrected chi connectivity index (χ4v) is 1.08. The number of amides is 1. The molecule has 0 saturated heterocycles. The molecule has 1 heterocycles. The summed E-state index contributed by atoms with van der Waals surface area (Å²) < 4.78 is 5.08. The highest BCUT2D eigenvalue weighted by atomic mass is 16.6. The SMILES string of the molecule is CC(C)(C)OC(=O)NCCNc1ncc(N)cn1. The van der Waals surface area contributed by atoms with Crippen LogP contribution in [0.4, 0.5) is 16.4 Å². The molecule has 0 aliphatic heterocycles. The van der Waals surface area contributed by atoms with E-state index in [1.165, 1.54) is 12.4 Å². The zero-order valence-corrected chi connectivity index (χ0v) is 10.9. The molecule has 1 aromatic heterocycles. The summed E-state index contributed by atoms with van der Waals surface area (Å²) in [6, 6.07) is 0. The Morgan fingerprint density at radius 1 is 1.33 bits per heavy atom. The number of rotatable bonds is 4. The molecule has 4 N–H and O–H groups in total. The zero-order valence-electron chi connectivity index (χ0n) is 10.9. The average Bonchev–Trinajstić information content (AvgIpc) is 2.24. The van der Waals surface area contributed by atoms with Crippen LogP contribution < -0.4 is 16.4 Å². The van der Waals surface area contributed by atoms with Gasteiger partial charge < -0.3 is 21.1 Å². The molecule has 0 radical (unpaired) electrons. The van der Waals surface area contributed by atoms with Gasteiger partial charge in [-0.25, -0.2) is 14.8 Å². The van der Waals surface area contributed by atoms with Gasteiger partial charge in [0, 0.05) is 13.1 Å². The number of hydrogen-bond acceptors (Lipinski definition) is 6. The zero-order chi connectivity index (χ0) is 13.6. The summed E-state index contributed by atoms with van der Waals surface area (Å²) in [5.41, 5.74) is 5.47. The molecule has 7 nitrogen and oxygen atoms in total. The van der Waals surface area contributed by atoms with Gasteiger partial charge in [-0.2, -0.15) is 0 Å². The molecule has 0 unspecified atom stereocenters. The molecular formula is C11H19N5O2. The first-order chi connectivity index (χ1) is 8.37. The van der Waals surface area contributed by atoms with Crippen LogP contribution in [-0.2, 0) is 4.74 Å². The second-order valence-corrected chi connectivity index (χ2v) is 4.70. The maximum atomic E-state index is 11.3. The number of ether oxygens (including phenoxy) is 1. The quantitative estimate of drug-likeness (QED) is 0.692. The summed E-state index contributed by atoms with van der Waals surface area (Å²) in [6.07, 6.45) is 2.58. The second-order valence-electron chi connectivity index (χ2n) is 4.70. The number of aromatic nitrogens is 2. The molecule has 0 atom stereocenters. The van der Waals surface area contributed by atoms with E-state index in [2.05, 4.69) is 20.6 Å². The van der Waals surface area contributed by atoms with Crippen molar-refractivity contribution >= 4 is 17.7 Å². The Kier molecular flexibility index (Phi) is 4.70. The highest BCUT2D eigenvalue weighted by molar-refractivity contribution is 5.67. The lowest BCUT2D eigenvalue weighted by atomic mass is 10.2. The molecule has 18 heavy (non-hydrogen) atoms. The molecule has 1 aromatic rings. The monoisotopic (exact) mass is 253 g/mol. The predicted octanol–water partition coefficient (Wildman–Crippen LogP) is 0.995. The number of nitrogen functional groups attached to an aromatic ring is 1. The summed E-state index contributed by atoms with van der Waals surface area (Å²) in [7, 11) is 0. The van der Waals surface area contributed by atoms with Gasteiger partial charge in [-0.15, -0.1) is 0 Å². The lowest BCUT2D eigenvalue weighted by Crippen LogP contribution is -2.35. The molecule has 0 aromatic carbocycles. The molecule has 1 amide bonds. The van der Waals surface area contributed by atoms with E-state index in [0.29, 0.717) is 24.7 Å². The molecular weight excluding hydrogens is 234 g/mol. The van der Waals surface area contributed by atoms with E-state index in [1.54, 1.807) is 0 Å². The number of nitrogens with zero attached hydrogens (tertiary/aromatic N) is 2. The fourth-order valence-electron chi connectivity index (χ4n) is 1.08. The molecule has 0 aliphatic rings. The van der Waals surface area contributed by atoms with Gasteiger partial charge in [-0.05, 0) is 20.8 Å². The van der Waals surface area contributed by atoms with E-state index in [-0.39, 0.29) is 0 Å². The van der Waals surface area contributed by atoms with Gasteiger partial charge in [0.1, 0.15) is 5.60 Å². The van der Waals surface area contributed by atoms with Crippen molar-refractivity contribution in [2.45, 2.75) is 26.4 Å². The van der Waals surface area contributed by atoms with E-state index in [4.69, 9.17) is 10.5 Å². The topological polar surface area (TPSA) is 102 Å². The van der Waals surface area contributed by atoms with Crippen LogP contribution in [-0.4, -0.2) is 34.8 Å². The Morgan fingerprint density at radius 2 is 1.94 bits per heavy atom. The normalized spacial score (nSPS) is 10.8. The van der Waals surface area contributed by atoms with Gasteiger partial charge in [0.2, 0.25) is 5.95 Å². The van der Waals surface area contributed by atoms with Crippen LogP contribution in [0.1, 0.15) is 20.8 Å². The first-order valence-electron chi connectivity index (χ1n) is 5.65. The van der Waals surface area contributed by atoms with Crippen molar-refractivity contribution in [2.24, 2.45) is 0 Å². The fraction of sp³-hybridized carbons (Fsp3) is 0.545. The minimum atomic E-state index is -0.489. The molecule has 1 rings (SSSR count). The summed E-state index contributed by atoms with van der Waals surface area (Å²) >= 11 is 0. The van der Waals surface area contributed by atoms with E-state index < -0.39 is 11.7 Å². The number of nitrogens with two attached hydrogens (primary N) is 1. The van der Waals surface area contributed by atoms with E-state index >= 15 is 0 Å². The molecule has 0 spiro atoms. The Labute approximate surface area is 106 Å². The van der Waals surface area contributed by atoms with Crippen LogP contribution >= 0.6 is 0 Å². The van der Waals surface area contributed by atoms with Crippen molar-refractivity contribution in [3.05, 3.63) is 12.4 Å². The van der Waals surface area contributed by atoms with E-state index in [0.717, 1.165) is 0 Å². The maximum Gasteiger partial charge on any atom is 0.407 e. The van der Waals surface area contributed by atoms with Gasteiger partial charge >= 0.3 is 6.09 Å². The van der Waals surface area contributed by atoms with E-state index in [9.17, 15) is 4.79 Å². The summed E-state index contributed by atoms with van der Waals surface area (Å²) in [5, 5.41) is 5.56. The smallest absolute Gasteiger partial charge is 0.407 e. The summed E-state index contributed by atoms with van der Waals surface area (Å²) in [6.45, 7) is 6.36. The number of carbonyl (C=O) groups is 1. The highest BCUT2D eigenvalue weighted by Crippen LogP contribution is 2.06. The van der Waals surface area contributed by atoms with Crippen molar-refractivity contribution < 1.29 is 9.53 Å². The van der Waals surface area contributed by atoms with Crippen molar-refractivity contribution in [3.8, 4) is 0 Å². The van der Waals surface area contributed by atoms with Gasteiger partial charge in [0.25, 0.3) is 0 Å². The molecule has 7 heteroatoms.